The van der Waals surface area contributed by atoms with Crippen LogP contribution in [0.5, 0.6) is 0 Å². The Morgan fingerprint density at radius 3 is 2.23 bits per heavy atom. The number of aromatic amines is 1. The van der Waals surface area contributed by atoms with E-state index in [4.69, 9.17) is 0 Å². The van der Waals surface area contributed by atoms with Crippen LogP contribution < -0.4 is 21.3 Å². The van der Waals surface area contributed by atoms with Crippen molar-refractivity contribution in [1.29, 1.82) is 0 Å². The van der Waals surface area contributed by atoms with E-state index in [1.165, 1.54) is 18.0 Å². The fourth-order valence-electron chi connectivity index (χ4n) is 4.56. The number of carbonyl (C=O) groups is 5. The maximum absolute atomic E-state index is 13.6. The highest BCUT2D eigenvalue weighted by atomic mass is 16.2. The van der Waals surface area contributed by atoms with E-state index < -0.39 is 53.7 Å². The van der Waals surface area contributed by atoms with E-state index in [-0.39, 0.29) is 25.4 Å². The zero-order valence-corrected chi connectivity index (χ0v) is 23.5. The first kappa shape index (κ1) is 30.4. The van der Waals surface area contributed by atoms with Crippen molar-refractivity contribution >= 4 is 29.5 Å². The molecule has 0 spiro atoms. The van der Waals surface area contributed by atoms with E-state index >= 15 is 0 Å². The first-order valence-electron chi connectivity index (χ1n) is 13.7. The Balaban J connectivity index is 1.96. The Hall–Kier alpha value is -4.15. The van der Waals surface area contributed by atoms with E-state index in [0.717, 1.165) is 5.56 Å². The lowest BCUT2D eigenvalue weighted by molar-refractivity contribution is -0.133. The maximum Gasteiger partial charge on any atom is 0.255 e. The van der Waals surface area contributed by atoms with Crippen LogP contribution in [0.25, 0.3) is 0 Å². The normalized spacial score (nSPS) is 23.4. The molecule has 4 atom stereocenters. The van der Waals surface area contributed by atoms with Crippen LogP contribution in [0.15, 0.2) is 48.8 Å². The molecule has 1 fully saturated rings. The van der Waals surface area contributed by atoms with Gasteiger partial charge in [-0.2, -0.15) is 0 Å². The molecule has 1 aromatic carbocycles. The topological polar surface area (TPSA) is 152 Å². The van der Waals surface area contributed by atoms with Crippen molar-refractivity contribution in [2.75, 3.05) is 13.1 Å². The van der Waals surface area contributed by atoms with Crippen LogP contribution in [0.1, 0.15) is 56.5 Å². The van der Waals surface area contributed by atoms with Crippen LogP contribution in [-0.4, -0.2) is 76.7 Å². The number of rotatable bonds is 6. The van der Waals surface area contributed by atoms with Crippen molar-refractivity contribution in [3.63, 3.8) is 0 Å². The lowest BCUT2D eigenvalue weighted by atomic mass is 10.0. The molecule has 0 bridgehead atoms. The van der Waals surface area contributed by atoms with Crippen molar-refractivity contribution < 1.29 is 24.0 Å². The first-order valence-corrected chi connectivity index (χ1v) is 13.7. The van der Waals surface area contributed by atoms with Gasteiger partial charge < -0.3 is 31.2 Å². The van der Waals surface area contributed by atoms with Gasteiger partial charge in [0.2, 0.25) is 23.6 Å². The van der Waals surface area contributed by atoms with Gasteiger partial charge in [0.25, 0.3) is 5.91 Å². The molecular formula is C29H40N6O5. The summed E-state index contributed by atoms with van der Waals surface area (Å²) in [6.45, 7) is 6.99. The fraction of sp³-hybridized carbons (Fsp3) is 0.483. The van der Waals surface area contributed by atoms with Crippen LogP contribution in [0.4, 0.5) is 0 Å². The number of carbonyl (C=O) groups excluding carboxylic acids is 5. The molecule has 1 aliphatic heterocycles. The minimum absolute atomic E-state index is 0.0578. The Kier molecular flexibility index (Phi) is 10.9. The van der Waals surface area contributed by atoms with Crippen LogP contribution in [0.2, 0.25) is 0 Å². The molecule has 0 unspecified atom stereocenters. The highest BCUT2D eigenvalue weighted by molar-refractivity contribution is 5.98. The number of benzene rings is 1. The third-order valence-corrected chi connectivity index (χ3v) is 6.77. The van der Waals surface area contributed by atoms with Crippen molar-refractivity contribution in [2.24, 2.45) is 5.92 Å². The molecule has 0 saturated carbocycles. The van der Waals surface area contributed by atoms with Gasteiger partial charge in [-0.3, -0.25) is 24.0 Å². The van der Waals surface area contributed by atoms with E-state index in [1.807, 2.05) is 51.1 Å². The van der Waals surface area contributed by atoms with Crippen LogP contribution in [-0.2, 0) is 25.6 Å². The van der Waals surface area contributed by atoms with Crippen LogP contribution in [0, 0.1) is 5.92 Å². The molecule has 5 amide bonds. The molecule has 1 aliphatic rings. The summed E-state index contributed by atoms with van der Waals surface area (Å²) < 4.78 is 0. The summed E-state index contributed by atoms with van der Waals surface area (Å²) in [7, 11) is 0. The van der Waals surface area contributed by atoms with E-state index in [2.05, 4.69) is 26.3 Å². The minimum Gasteiger partial charge on any atom is -0.367 e. The monoisotopic (exact) mass is 552 g/mol. The zero-order valence-electron chi connectivity index (χ0n) is 23.5. The van der Waals surface area contributed by atoms with Gasteiger partial charge in [0.05, 0.1) is 12.1 Å². The second-order valence-corrected chi connectivity index (χ2v) is 10.6. The molecule has 1 aromatic heterocycles. The van der Waals surface area contributed by atoms with Crippen molar-refractivity contribution in [1.82, 2.24) is 31.2 Å². The van der Waals surface area contributed by atoms with Crippen LogP contribution >= 0.6 is 0 Å². The standard InChI is InChI=1S/C29H40N6O5/c1-5-22-16-35(29(40)21-11-12-30-15-21)17-25(36)31-19(4)26(37)33-23(13-18(2)3)28(39)34-24(27(38)32-22)14-20-9-7-6-8-10-20/h6-12,15,18-19,22-24,30H,5,13-14,16-17H2,1-4H3,(H,31,36)(H,32,38)(H,33,37)(H,34,39)/t19-,22+,23+,24+/m1/s1. The molecule has 11 heteroatoms. The lowest BCUT2D eigenvalue weighted by Crippen LogP contribution is -2.57. The summed E-state index contributed by atoms with van der Waals surface area (Å²) in [5.74, 6) is -2.29. The number of nitrogens with zero attached hydrogens (tertiary/aromatic N) is 1. The quantitative estimate of drug-likeness (QED) is 0.364. The molecule has 0 radical (unpaired) electrons. The average molecular weight is 553 g/mol. The van der Waals surface area contributed by atoms with Gasteiger partial charge >= 0.3 is 0 Å². The van der Waals surface area contributed by atoms with Gasteiger partial charge in [0.1, 0.15) is 18.1 Å². The Morgan fingerprint density at radius 2 is 1.60 bits per heavy atom. The molecule has 0 aliphatic carbocycles. The van der Waals surface area contributed by atoms with E-state index in [0.29, 0.717) is 18.4 Å². The predicted octanol–water partition coefficient (Wildman–Crippen LogP) is 1.13. The van der Waals surface area contributed by atoms with Gasteiger partial charge in [-0.25, -0.2) is 0 Å². The summed E-state index contributed by atoms with van der Waals surface area (Å²) in [6.07, 6.45) is 4.19. The predicted molar refractivity (Wildman–Crippen MR) is 150 cm³/mol. The van der Waals surface area contributed by atoms with Gasteiger partial charge in [-0.1, -0.05) is 51.1 Å². The number of nitrogens with one attached hydrogen (secondary N) is 5. The van der Waals surface area contributed by atoms with Crippen molar-refractivity contribution in [2.45, 2.75) is 71.1 Å². The smallest absolute Gasteiger partial charge is 0.255 e. The number of H-pyrrole nitrogens is 1. The summed E-state index contributed by atoms with van der Waals surface area (Å²) in [5.41, 5.74) is 1.22. The largest absolute Gasteiger partial charge is 0.367 e. The second kappa shape index (κ2) is 14.3. The summed E-state index contributed by atoms with van der Waals surface area (Å²) in [4.78, 5) is 70.4. The summed E-state index contributed by atoms with van der Waals surface area (Å²) in [6, 6.07) is 7.65. The molecule has 1 saturated heterocycles. The number of aromatic nitrogens is 1. The molecule has 40 heavy (non-hydrogen) atoms. The van der Waals surface area contributed by atoms with E-state index in [1.54, 1.807) is 12.3 Å². The maximum atomic E-state index is 13.6. The van der Waals surface area contributed by atoms with Gasteiger partial charge in [-0.05, 0) is 37.3 Å². The Bertz CT molecular complexity index is 1170. The molecule has 2 aromatic rings. The van der Waals surface area contributed by atoms with Gasteiger partial charge in [-0.15, -0.1) is 0 Å². The highest BCUT2D eigenvalue weighted by Gasteiger charge is 2.32. The average Bonchev–Trinajstić information content (AvgIpc) is 3.45. The number of hydrogen-bond donors (Lipinski definition) is 5. The second-order valence-electron chi connectivity index (χ2n) is 10.6. The molecule has 2 heterocycles. The zero-order chi connectivity index (χ0) is 29.2. The van der Waals surface area contributed by atoms with Gasteiger partial charge in [0.15, 0.2) is 0 Å². The molecule has 11 nitrogen and oxygen atoms in total. The number of amides is 5. The highest BCUT2D eigenvalue weighted by Crippen LogP contribution is 2.11. The lowest BCUT2D eigenvalue weighted by Gasteiger charge is -2.29. The third-order valence-electron chi connectivity index (χ3n) is 6.77. The Labute approximate surface area is 234 Å². The molecule has 5 N–H and O–H groups in total. The third kappa shape index (κ3) is 8.69. The van der Waals surface area contributed by atoms with Crippen LogP contribution in [0.3, 0.4) is 0 Å². The molecule has 216 valence electrons. The number of hydrogen-bond acceptors (Lipinski definition) is 5. The summed E-state index contributed by atoms with van der Waals surface area (Å²) >= 11 is 0. The SMILES string of the molecule is CC[C@H]1CN(C(=O)c2cc[nH]c2)CC(=O)N[C@H](C)C(=O)N[C@@H](CC(C)C)C(=O)N[C@@H](Cc2ccccc2)C(=O)N1. The van der Waals surface area contributed by atoms with E-state index in [9.17, 15) is 24.0 Å². The Morgan fingerprint density at radius 1 is 0.925 bits per heavy atom. The van der Waals surface area contributed by atoms with Crippen molar-refractivity contribution in [3.8, 4) is 0 Å². The fourth-order valence-corrected chi connectivity index (χ4v) is 4.56. The van der Waals surface area contributed by atoms with Crippen molar-refractivity contribution in [3.05, 3.63) is 59.9 Å². The molecule has 3 rings (SSSR count). The van der Waals surface area contributed by atoms with Gasteiger partial charge in [0, 0.05) is 31.4 Å². The summed E-state index contributed by atoms with van der Waals surface area (Å²) in [5, 5.41) is 11.2. The molecular weight excluding hydrogens is 512 g/mol. The first-order chi connectivity index (χ1) is 19.1. The minimum atomic E-state index is -0.953.